The van der Waals surface area contributed by atoms with Crippen molar-refractivity contribution in [2.24, 2.45) is 22.7 Å². The van der Waals surface area contributed by atoms with Gasteiger partial charge in [0.15, 0.2) is 0 Å². The van der Waals surface area contributed by atoms with E-state index in [2.05, 4.69) is 27.8 Å². The third-order valence-electron chi connectivity index (χ3n) is 8.57. The van der Waals surface area contributed by atoms with Gasteiger partial charge in [-0.1, -0.05) is 54.0 Å². The van der Waals surface area contributed by atoms with Crippen LogP contribution in [-0.4, -0.2) is 104 Å². The van der Waals surface area contributed by atoms with Crippen molar-refractivity contribution in [3.05, 3.63) is 12.7 Å². The Hall–Kier alpha value is -3.00. The molecule has 44 heavy (non-hydrogen) atoms. The van der Waals surface area contributed by atoms with E-state index in [4.69, 9.17) is 0 Å². The minimum atomic E-state index is -3.49. The number of ketones is 1. The summed E-state index contributed by atoms with van der Waals surface area (Å²) in [5.74, 6) is -2.59. The molecular weight excluding hydrogens is 588 g/mol. The third kappa shape index (κ3) is 9.50. The van der Waals surface area contributed by atoms with Gasteiger partial charge in [0.05, 0.1) is 12.3 Å². The van der Waals surface area contributed by atoms with Gasteiger partial charge in [0, 0.05) is 32.7 Å². The molecule has 1 aliphatic heterocycles. The average molecular weight is 641 g/mol. The Morgan fingerprint density at radius 1 is 1.00 bits per heavy atom. The van der Waals surface area contributed by atoms with Crippen molar-refractivity contribution < 1.29 is 32.4 Å². The normalized spacial score (nSPS) is 22.4. The fraction of sp³-hybridized carbons (Fsp3) is 0.767. The molecule has 0 radical (unpaired) electrons. The second-order valence-corrected chi connectivity index (χ2v) is 16.4. The molecule has 5 amide bonds. The second-order valence-electron chi connectivity index (χ2n) is 14.3. The van der Waals surface area contributed by atoms with Gasteiger partial charge in [-0.2, -0.15) is 0 Å². The van der Waals surface area contributed by atoms with Crippen LogP contribution in [-0.2, 0) is 29.2 Å². The zero-order valence-corrected chi connectivity index (χ0v) is 28.5. The van der Waals surface area contributed by atoms with E-state index in [1.165, 1.54) is 24.9 Å². The number of nitrogens with zero attached hydrogens (tertiary/aromatic N) is 2. The molecule has 0 aromatic carbocycles. The number of carbonyl (C=O) groups is 5. The number of likely N-dealkylation sites (N-methyl/N-ethyl adjacent to an activating group) is 1. The monoisotopic (exact) mass is 640 g/mol. The molecule has 4 N–H and O–H groups in total. The largest absolute Gasteiger partial charge is 0.346 e. The first-order valence-electron chi connectivity index (χ1n) is 15.1. The summed E-state index contributed by atoms with van der Waals surface area (Å²) >= 11 is 0. The molecule has 0 spiro atoms. The lowest BCUT2D eigenvalue weighted by molar-refractivity contribution is -0.144. The molecule has 1 saturated carbocycles. The summed E-state index contributed by atoms with van der Waals surface area (Å²) < 4.78 is 25.3. The number of carbonyl (C=O) groups excluding carboxylic acids is 5. The number of sulfonamides is 1. The van der Waals surface area contributed by atoms with Gasteiger partial charge in [-0.25, -0.2) is 17.5 Å². The molecule has 0 aromatic heterocycles. The van der Waals surface area contributed by atoms with Crippen molar-refractivity contribution in [3.63, 3.8) is 0 Å². The summed E-state index contributed by atoms with van der Waals surface area (Å²) in [7, 11) is -2.06. The molecule has 14 heteroatoms. The molecule has 6 atom stereocenters. The van der Waals surface area contributed by atoms with Crippen molar-refractivity contribution in [1.82, 2.24) is 30.5 Å². The van der Waals surface area contributed by atoms with Crippen LogP contribution in [0.25, 0.3) is 0 Å². The third-order valence-corrected chi connectivity index (χ3v) is 9.85. The standard InChI is InChI=1S/C30H52N6O7S/c1-11-15-31-26(39)23(37)18(2)32-25(38)22-20-14-12-13-19(20)16-36(22)27(40)24(30(6,7)8)34-28(41)33-21(29(3,4)5)17-35(9)44(10,42)43/h11,18-22,24H,1,12-17H2,2-10H3,(H,31,39)(H,32,38)(H2,33,34,41)/t18?,19-,20-,21+,22-,24+/m0/s1. The summed E-state index contributed by atoms with van der Waals surface area (Å²) in [5.41, 5.74) is -1.26. The summed E-state index contributed by atoms with van der Waals surface area (Å²) in [6, 6.07) is -4.20. The number of amides is 5. The van der Waals surface area contributed by atoms with Crippen LogP contribution in [0, 0.1) is 22.7 Å². The number of urea groups is 1. The lowest BCUT2D eigenvalue weighted by atomic mass is 9.85. The number of fused-ring (bicyclic) bond motifs is 1. The van der Waals surface area contributed by atoms with E-state index in [0.717, 1.165) is 29.8 Å². The maximum Gasteiger partial charge on any atom is 0.315 e. The molecule has 2 rings (SSSR count). The summed E-state index contributed by atoms with van der Waals surface area (Å²) in [6.07, 6.45) is 5.04. The van der Waals surface area contributed by atoms with Crippen LogP contribution in [0.1, 0.15) is 67.7 Å². The van der Waals surface area contributed by atoms with Crippen LogP contribution in [0.5, 0.6) is 0 Å². The predicted octanol–water partition coefficient (Wildman–Crippen LogP) is 1.01. The predicted molar refractivity (Wildman–Crippen MR) is 168 cm³/mol. The minimum absolute atomic E-state index is 0.0319. The van der Waals surface area contributed by atoms with E-state index in [0.29, 0.717) is 6.54 Å². The summed E-state index contributed by atoms with van der Waals surface area (Å²) in [4.78, 5) is 67.4. The fourth-order valence-electron chi connectivity index (χ4n) is 5.76. The first-order valence-corrected chi connectivity index (χ1v) is 17.0. The van der Waals surface area contributed by atoms with Crippen LogP contribution >= 0.6 is 0 Å². The van der Waals surface area contributed by atoms with Crippen molar-refractivity contribution in [3.8, 4) is 0 Å². The Kier molecular flexibility index (Phi) is 12.2. The topological polar surface area (TPSA) is 174 Å². The number of hydrogen-bond acceptors (Lipinski definition) is 7. The van der Waals surface area contributed by atoms with Gasteiger partial charge in [-0.05, 0) is 42.4 Å². The number of likely N-dealkylation sites (tertiary alicyclic amines) is 1. The van der Waals surface area contributed by atoms with Gasteiger partial charge >= 0.3 is 6.03 Å². The maximum atomic E-state index is 14.2. The van der Waals surface area contributed by atoms with Crippen LogP contribution in [0.15, 0.2) is 12.7 Å². The Morgan fingerprint density at radius 3 is 2.14 bits per heavy atom. The van der Waals surface area contributed by atoms with E-state index in [9.17, 15) is 32.4 Å². The SMILES string of the molecule is C=CCNC(=O)C(=O)C(C)NC(=O)[C@@H]1[C@H]2CCC[C@H]2CN1C(=O)[C@@H](NC(=O)N[C@H](CN(C)S(C)(=O)=O)C(C)(C)C)C(C)(C)C. The first kappa shape index (κ1) is 37.2. The fourth-order valence-corrected chi connectivity index (χ4v) is 6.18. The number of rotatable bonds is 12. The molecule has 0 bridgehead atoms. The van der Waals surface area contributed by atoms with Crippen molar-refractivity contribution in [1.29, 1.82) is 0 Å². The Labute approximate surface area is 262 Å². The highest BCUT2D eigenvalue weighted by atomic mass is 32.2. The summed E-state index contributed by atoms with van der Waals surface area (Å²) in [5, 5.41) is 10.7. The maximum absolute atomic E-state index is 14.2. The molecule has 0 aromatic rings. The molecule has 250 valence electrons. The lowest BCUT2D eigenvalue weighted by Crippen LogP contribution is -2.62. The molecular formula is C30H52N6O7S. The number of nitrogens with one attached hydrogen (secondary N) is 4. The number of hydrogen-bond donors (Lipinski definition) is 4. The van der Waals surface area contributed by atoms with E-state index in [1.54, 1.807) is 0 Å². The van der Waals surface area contributed by atoms with E-state index in [-0.39, 0.29) is 24.9 Å². The van der Waals surface area contributed by atoms with Crippen molar-refractivity contribution in [2.45, 2.75) is 91.9 Å². The van der Waals surface area contributed by atoms with Gasteiger partial charge in [-0.3, -0.25) is 19.2 Å². The molecule has 1 heterocycles. The molecule has 13 nitrogen and oxygen atoms in total. The second kappa shape index (κ2) is 14.4. The molecule has 2 aliphatic rings. The highest BCUT2D eigenvalue weighted by Gasteiger charge is 2.52. The van der Waals surface area contributed by atoms with Crippen molar-refractivity contribution >= 4 is 39.6 Å². The quantitative estimate of drug-likeness (QED) is 0.182. The zero-order chi connectivity index (χ0) is 33.8. The Bertz CT molecular complexity index is 1220. The number of Topliss-reactive ketones (excluding diaryl/α,β-unsaturated/α-hetero) is 1. The van der Waals surface area contributed by atoms with Crippen LogP contribution < -0.4 is 21.3 Å². The van der Waals surface area contributed by atoms with E-state index >= 15 is 0 Å². The average Bonchev–Trinajstić information content (AvgIpc) is 3.48. The first-order chi connectivity index (χ1) is 20.1. The van der Waals surface area contributed by atoms with Crippen LogP contribution in [0.2, 0.25) is 0 Å². The Morgan fingerprint density at radius 2 is 1.61 bits per heavy atom. The van der Waals surface area contributed by atoms with Gasteiger partial charge in [0.2, 0.25) is 27.6 Å². The van der Waals surface area contributed by atoms with Crippen LogP contribution in [0.3, 0.4) is 0 Å². The van der Waals surface area contributed by atoms with Crippen LogP contribution in [0.4, 0.5) is 4.79 Å². The highest BCUT2D eigenvalue weighted by molar-refractivity contribution is 7.88. The molecule has 1 saturated heterocycles. The van der Waals surface area contributed by atoms with Gasteiger partial charge in [0.25, 0.3) is 5.91 Å². The van der Waals surface area contributed by atoms with Gasteiger partial charge in [0.1, 0.15) is 12.1 Å². The lowest BCUT2D eigenvalue weighted by Gasteiger charge is -2.38. The van der Waals surface area contributed by atoms with Gasteiger partial charge < -0.3 is 26.2 Å². The summed E-state index contributed by atoms with van der Waals surface area (Å²) in [6.45, 7) is 16.5. The van der Waals surface area contributed by atoms with E-state index in [1.807, 2.05) is 41.5 Å². The minimum Gasteiger partial charge on any atom is -0.346 e. The highest BCUT2D eigenvalue weighted by Crippen LogP contribution is 2.43. The zero-order valence-electron chi connectivity index (χ0n) is 27.7. The molecule has 1 unspecified atom stereocenters. The molecule has 1 aliphatic carbocycles. The van der Waals surface area contributed by atoms with Crippen molar-refractivity contribution in [2.75, 3.05) is 32.9 Å². The Balaban J connectivity index is 2.28. The molecule has 2 fully saturated rings. The smallest absolute Gasteiger partial charge is 0.315 e. The van der Waals surface area contributed by atoms with E-state index < -0.39 is 74.6 Å². The van der Waals surface area contributed by atoms with Gasteiger partial charge in [-0.15, -0.1) is 6.58 Å².